The van der Waals surface area contributed by atoms with Gasteiger partial charge in [-0.05, 0) is 37.1 Å². The molecule has 1 aromatic carbocycles. The third-order valence-corrected chi connectivity index (χ3v) is 3.97. The van der Waals surface area contributed by atoms with Gasteiger partial charge in [0.25, 0.3) is 5.91 Å². The average molecular weight is 350 g/mol. The molecule has 1 heterocycles. The van der Waals surface area contributed by atoms with E-state index in [2.05, 4.69) is 5.32 Å². The Hall–Kier alpha value is -2.34. The van der Waals surface area contributed by atoms with E-state index in [1.165, 1.54) is 11.0 Å². The average Bonchev–Trinajstić information content (AvgIpc) is 2.90. The Balaban J connectivity index is 2.10. The monoisotopic (exact) mass is 349 g/mol. The van der Waals surface area contributed by atoms with Crippen molar-refractivity contribution in [1.29, 1.82) is 0 Å². The topological polar surface area (TPSA) is 92.5 Å². The van der Waals surface area contributed by atoms with Gasteiger partial charge in [-0.2, -0.15) is 0 Å². The summed E-state index contributed by atoms with van der Waals surface area (Å²) in [5, 5.41) is 2.83. The second-order valence-corrected chi connectivity index (χ2v) is 6.05. The molecule has 2 rings (SSSR count). The molecule has 7 heteroatoms. The van der Waals surface area contributed by atoms with Crippen molar-refractivity contribution in [3.63, 3.8) is 0 Å². The first kappa shape index (κ1) is 18.0. The summed E-state index contributed by atoms with van der Waals surface area (Å²) < 4.78 is 0. The number of halogens is 1. The predicted molar refractivity (Wildman–Crippen MR) is 92.3 cm³/mol. The van der Waals surface area contributed by atoms with Gasteiger partial charge in [0.1, 0.15) is 6.04 Å². The minimum atomic E-state index is -0.719. The summed E-state index contributed by atoms with van der Waals surface area (Å²) in [5.41, 5.74) is 6.68. The number of nitrogens with one attached hydrogen (secondary N) is 1. The van der Waals surface area contributed by atoms with Crippen LogP contribution in [0.4, 0.5) is 5.69 Å². The Kier molecular flexibility index (Phi) is 5.98. The van der Waals surface area contributed by atoms with Crippen LogP contribution in [-0.4, -0.2) is 23.8 Å². The molecule has 1 fully saturated rings. The number of anilines is 1. The molecule has 1 aliphatic heterocycles. The molecule has 0 saturated carbocycles. The number of hydrogen-bond acceptors (Lipinski definition) is 4. The number of imide groups is 1. The Bertz CT molecular complexity index is 670. The maximum Gasteiger partial charge on any atom is 0.252 e. The van der Waals surface area contributed by atoms with Crippen LogP contribution in [-0.2, 0) is 14.4 Å². The van der Waals surface area contributed by atoms with Crippen LogP contribution in [0, 0.1) is 0 Å². The van der Waals surface area contributed by atoms with Crippen molar-refractivity contribution >= 4 is 35.0 Å². The van der Waals surface area contributed by atoms with Gasteiger partial charge in [-0.3, -0.25) is 24.6 Å². The van der Waals surface area contributed by atoms with Gasteiger partial charge in [0.15, 0.2) is 0 Å². The first-order valence-electron chi connectivity index (χ1n) is 7.81. The second-order valence-electron chi connectivity index (χ2n) is 5.62. The van der Waals surface area contributed by atoms with E-state index in [-0.39, 0.29) is 12.3 Å². The number of carbonyl (C=O) groups excluding carboxylic acids is 3. The Morgan fingerprint density at radius 2 is 2.04 bits per heavy atom. The summed E-state index contributed by atoms with van der Waals surface area (Å²) in [7, 11) is 0. The summed E-state index contributed by atoms with van der Waals surface area (Å²) in [5.74, 6) is -1.24. The van der Waals surface area contributed by atoms with Crippen molar-refractivity contribution in [3.8, 4) is 0 Å². The number of nitrogens with zero attached hydrogens (tertiary/aromatic N) is 1. The highest BCUT2D eigenvalue weighted by atomic mass is 35.5. The molecule has 24 heavy (non-hydrogen) atoms. The third-order valence-electron chi connectivity index (χ3n) is 3.72. The highest BCUT2D eigenvalue weighted by molar-refractivity contribution is 6.30. The van der Waals surface area contributed by atoms with Gasteiger partial charge in [0.2, 0.25) is 11.8 Å². The zero-order valence-electron chi connectivity index (χ0n) is 13.4. The van der Waals surface area contributed by atoms with E-state index < -0.39 is 17.9 Å². The van der Waals surface area contributed by atoms with Crippen LogP contribution >= 0.6 is 11.6 Å². The van der Waals surface area contributed by atoms with E-state index in [4.69, 9.17) is 17.3 Å². The molecular formula is C17H20ClN3O3. The minimum absolute atomic E-state index is 0.161. The number of amides is 3. The quantitative estimate of drug-likeness (QED) is 0.796. The van der Waals surface area contributed by atoms with E-state index in [1.54, 1.807) is 24.3 Å². The molecule has 1 atom stereocenters. The Morgan fingerprint density at radius 1 is 1.38 bits per heavy atom. The third kappa shape index (κ3) is 4.35. The lowest BCUT2D eigenvalue weighted by Crippen LogP contribution is -2.46. The SMILES string of the molecule is CCCC(N)=CC(=O)NC(=O)[C@@H]1CCC(=O)N1c1ccc(Cl)cc1. The Morgan fingerprint density at radius 3 is 2.67 bits per heavy atom. The van der Waals surface area contributed by atoms with Gasteiger partial charge in [-0.15, -0.1) is 0 Å². The molecule has 1 aromatic rings. The normalized spacial score (nSPS) is 17.9. The molecule has 6 nitrogen and oxygen atoms in total. The lowest BCUT2D eigenvalue weighted by molar-refractivity contribution is -0.129. The summed E-state index contributed by atoms with van der Waals surface area (Å²) in [6, 6.07) is 5.93. The van der Waals surface area contributed by atoms with Crippen molar-refractivity contribution in [3.05, 3.63) is 41.1 Å². The van der Waals surface area contributed by atoms with Crippen molar-refractivity contribution in [2.45, 2.75) is 38.6 Å². The number of benzene rings is 1. The van der Waals surface area contributed by atoms with Crippen LogP contribution in [0.3, 0.4) is 0 Å². The highest BCUT2D eigenvalue weighted by Gasteiger charge is 2.37. The highest BCUT2D eigenvalue weighted by Crippen LogP contribution is 2.27. The zero-order valence-corrected chi connectivity index (χ0v) is 14.2. The lowest BCUT2D eigenvalue weighted by Gasteiger charge is -2.23. The van der Waals surface area contributed by atoms with Crippen LogP contribution in [0.25, 0.3) is 0 Å². The van der Waals surface area contributed by atoms with Crippen molar-refractivity contribution in [2.75, 3.05) is 4.90 Å². The molecule has 1 aliphatic rings. The number of allylic oxidation sites excluding steroid dienone is 1. The molecule has 0 bridgehead atoms. The van der Waals surface area contributed by atoms with Gasteiger partial charge < -0.3 is 5.73 Å². The van der Waals surface area contributed by atoms with E-state index in [0.717, 1.165) is 6.42 Å². The molecule has 0 unspecified atom stereocenters. The molecule has 1 saturated heterocycles. The molecule has 0 aromatic heterocycles. The standard InChI is InChI=1S/C17H20ClN3O3/c1-2-3-12(19)10-15(22)20-17(24)14-8-9-16(23)21(14)13-6-4-11(18)5-7-13/h4-7,10,14H,2-3,8-9,19H2,1H3,(H,20,22,24)/t14-/m0/s1. The largest absolute Gasteiger partial charge is 0.402 e. The molecule has 0 spiro atoms. The van der Waals surface area contributed by atoms with Gasteiger partial charge in [-0.1, -0.05) is 24.9 Å². The van der Waals surface area contributed by atoms with Crippen molar-refractivity contribution in [1.82, 2.24) is 5.32 Å². The predicted octanol–water partition coefficient (Wildman–Crippen LogP) is 2.12. The second kappa shape index (κ2) is 7.97. The van der Waals surface area contributed by atoms with Crippen LogP contribution in [0.15, 0.2) is 36.0 Å². The number of carbonyl (C=O) groups is 3. The maximum absolute atomic E-state index is 12.4. The zero-order chi connectivity index (χ0) is 17.7. The minimum Gasteiger partial charge on any atom is -0.402 e. The molecule has 0 aliphatic carbocycles. The summed E-state index contributed by atoms with van der Waals surface area (Å²) in [6.45, 7) is 1.94. The first-order chi connectivity index (χ1) is 11.4. The van der Waals surface area contributed by atoms with Gasteiger partial charge in [-0.25, -0.2) is 0 Å². The van der Waals surface area contributed by atoms with Crippen LogP contribution in [0.5, 0.6) is 0 Å². The fraction of sp³-hybridized carbons (Fsp3) is 0.353. The number of rotatable bonds is 5. The molecule has 3 N–H and O–H groups in total. The number of nitrogens with two attached hydrogens (primary N) is 1. The molecule has 3 amide bonds. The van der Waals surface area contributed by atoms with Crippen LogP contribution < -0.4 is 16.0 Å². The van der Waals surface area contributed by atoms with Crippen molar-refractivity contribution in [2.24, 2.45) is 5.73 Å². The number of hydrogen-bond donors (Lipinski definition) is 2. The van der Waals surface area contributed by atoms with Gasteiger partial charge in [0.05, 0.1) is 0 Å². The summed E-state index contributed by atoms with van der Waals surface area (Å²) in [6.07, 6.45) is 3.22. The van der Waals surface area contributed by atoms with E-state index in [9.17, 15) is 14.4 Å². The fourth-order valence-electron chi connectivity index (χ4n) is 2.63. The van der Waals surface area contributed by atoms with Crippen LogP contribution in [0.2, 0.25) is 5.02 Å². The maximum atomic E-state index is 12.4. The van der Waals surface area contributed by atoms with Gasteiger partial charge in [0, 0.05) is 28.9 Å². The smallest absolute Gasteiger partial charge is 0.252 e. The van der Waals surface area contributed by atoms with Gasteiger partial charge >= 0.3 is 0 Å². The summed E-state index contributed by atoms with van der Waals surface area (Å²) >= 11 is 5.85. The molecule has 0 radical (unpaired) electrons. The molecular weight excluding hydrogens is 330 g/mol. The van der Waals surface area contributed by atoms with E-state index >= 15 is 0 Å². The van der Waals surface area contributed by atoms with E-state index in [0.29, 0.717) is 29.2 Å². The lowest BCUT2D eigenvalue weighted by atomic mass is 10.2. The van der Waals surface area contributed by atoms with Crippen molar-refractivity contribution < 1.29 is 14.4 Å². The Labute approximate surface area is 145 Å². The van der Waals surface area contributed by atoms with Crippen LogP contribution in [0.1, 0.15) is 32.6 Å². The fourth-order valence-corrected chi connectivity index (χ4v) is 2.75. The molecule has 128 valence electrons. The first-order valence-corrected chi connectivity index (χ1v) is 8.18. The van der Waals surface area contributed by atoms with E-state index in [1.807, 2.05) is 6.92 Å². The summed E-state index contributed by atoms with van der Waals surface area (Å²) in [4.78, 5) is 37.7.